The van der Waals surface area contributed by atoms with E-state index < -0.39 is 27.4 Å². The van der Waals surface area contributed by atoms with Crippen LogP contribution in [0.5, 0.6) is 11.5 Å². The quantitative estimate of drug-likeness (QED) is 0.496. The Balaban J connectivity index is 1.75. The van der Waals surface area contributed by atoms with E-state index >= 15 is 0 Å². The fraction of sp³-hybridized carbons (Fsp3) is 0. The number of hydrogen-bond acceptors (Lipinski definition) is 6. The van der Waals surface area contributed by atoms with Crippen molar-refractivity contribution in [2.45, 2.75) is 4.90 Å². The molecule has 0 bridgehead atoms. The van der Waals surface area contributed by atoms with Gasteiger partial charge in [-0.25, -0.2) is 18.1 Å². The molecule has 0 aliphatic heterocycles. The average molecular weight is 382 g/mol. The summed E-state index contributed by atoms with van der Waals surface area (Å²) in [6.07, 6.45) is 0. The molecule has 0 amide bonds. The third-order valence-electron chi connectivity index (χ3n) is 3.97. The van der Waals surface area contributed by atoms with Crippen LogP contribution in [0.1, 0.15) is 0 Å². The first kappa shape index (κ1) is 16.9. The molecule has 0 spiro atoms. The normalized spacial score (nSPS) is 11.6. The number of fused-ring (bicyclic) bond motifs is 1. The lowest BCUT2D eigenvalue weighted by Gasteiger charge is -2.05. The topological polar surface area (TPSA) is 113 Å². The summed E-state index contributed by atoms with van der Waals surface area (Å²) in [7, 11) is -3.99. The van der Waals surface area contributed by atoms with Gasteiger partial charge in [0.2, 0.25) is 17.3 Å². The van der Waals surface area contributed by atoms with Gasteiger partial charge in [0.15, 0.2) is 0 Å². The Bertz CT molecular complexity index is 1230. The minimum absolute atomic E-state index is 0.00864. The average Bonchev–Trinajstić information content (AvgIpc) is 2.96. The Kier molecular flexibility index (Phi) is 3.97. The molecule has 27 heavy (non-hydrogen) atoms. The number of aromatic hydroxyl groups is 2. The van der Waals surface area contributed by atoms with E-state index in [9.17, 15) is 18.6 Å². The third kappa shape index (κ3) is 3.06. The number of rotatable bonds is 4. The van der Waals surface area contributed by atoms with Crippen LogP contribution in [0.2, 0.25) is 0 Å². The number of nitrogens with one attached hydrogen (secondary N) is 1. The van der Waals surface area contributed by atoms with Crippen LogP contribution in [-0.4, -0.2) is 23.6 Å². The summed E-state index contributed by atoms with van der Waals surface area (Å²) < 4.78 is 32.3. The summed E-state index contributed by atoms with van der Waals surface area (Å²) in [4.78, 5) is 4.36. The van der Waals surface area contributed by atoms with E-state index in [4.69, 9.17) is 4.42 Å². The van der Waals surface area contributed by atoms with Crippen molar-refractivity contribution >= 4 is 26.8 Å². The highest BCUT2D eigenvalue weighted by Crippen LogP contribution is 2.45. The minimum Gasteiger partial charge on any atom is -0.501 e. The fourth-order valence-corrected chi connectivity index (χ4v) is 3.65. The van der Waals surface area contributed by atoms with Crippen molar-refractivity contribution in [1.29, 1.82) is 0 Å². The predicted molar refractivity (Wildman–Crippen MR) is 100 cm³/mol. The maximum atomic E-state index is 12.4. The van der Waals surface area contributed by atoms with Crippen molar-refractivity contribution < 1.29 is 23.0 Å². The Morgan fingerprint density at radius 3 is 2.33 bits per heavy atom. The van der Waals surface area contributed by atoms with E-state index in [-0.39, 0.29) is 16.3 Å². The lowest BCUT2D eigenvalue weighted by atomic mass is 10.2. The number of furan rings is 1. The molecule has 0 radical (unpaired) electrons. The molecule has 2 aromatic carbocycles. The molecule has 136 valence electrons. The van der Waals surface area contributed by atoms with Crippen LogP contribution < -0.4 is 4.72 Å². The van der Waals surface area contributed by atoms with Crippen molar-refractivity contribution in [1.82, 2.24) is 4.98 Å². The van der Waals surface area contributed by atoms with Gasteiger partial charge >= 0.3 is 0 Å². The van der Waals surface area contributed by atoms with Gasteiger partial charge in [-0.1, -0.05) is 42.5 Å². The van der Waals surface area contributed by atoms with Crippen LogP contribution in [-0.2, 0) is 10.0 Å². The number of benzene rings is 2. The van der Waals surface area contributed by atoms with Crippen LogP contribution in [0.3, 0.4) is 0 Å². The van der Waals surface area contributed by atoms with E-state index in [1.165, 1.54) is 12.1 Å². The van der Waals surface area contributed by atoms with Crippen molar-refractivity contribution in [3.63, 3.8) is 0 Å². The number of hydrogen-bond donors (Lipinski definition) is 3. The summed E-state index contributed by atoms with van der Waals surface area (Å²) in [6.45, 7) is 0. The van der Waals surface area contributed by atoms with Crippen LogP contribution in [0, 0.1) is 0 Å². The molecule has 2 heterocycles. The highest BCUT2D eigenvalue weighted by atomic mass is 32.2. The predicted octanol–water partition coefficient (Wildman–Crippen LogP) is 3.71. The van der Waals surface area contributed by atoms with Gasteiger partial charge in [0, 0.05) is 5.39 Å². The smallest absolute Gasteiger partial charge is 0.264 e. The van der Waals surface area contributed by atoms with Crippen molar-refractivity contribution in [2.75, 3.05) is 4.72 Å². The molecule has 0 aliphatic carbocycles. The first-order valence-corrected chi connectivity index (χ1v) is 9.43. The lowest BCUT2D eigenvalue weighted by molar-refractivity contribution is 0.410. The Morgan fingerprint density at radius 1 is 0.852 bits per heavy atom. The molecule has 0 saturated heterocycles. The van der Waals surface area contributed by atoms with Gasteiger partial charge in [0.05, 0.1) is 10.4 Å². The molecule has 3 N–H and O–H groups in total. The molecule has 4 rings (SSSR count). The van der Waals surface area contributed by atoms with E-state index in [1.807, 2.05) is 18.2 Å². The molecule has 0 aliphatic rings. The zero-order valence-electron chi connectivity index (χ0n) is 13.8. The number of sulfonamides is 1. The van der Waals surface area contributed by atoms with Crippen molar-refractivity contribution in [2.24, 2.45) is 0 Å². The number of aromatic nitrogens is 1. The summed E-state index contributed by atoms with van der Waals surface area (Å²) in [6, 6.07) is 18.4. The van der Waals surface area contributed by atoms with Crippen molar-refractivity contribution in [3.8, 4) is 23.0 Å². The minimum atomic E-state index is -3.99. The zero-order chi connectivity index (χ0) is 19.0. The molecular weight excluding hydrogens is 368 g/mol. The zero-order valence-corrected chi connectivity index (χ0v) is 14.6. The fourth-order valence-electron chi connectivity index (χ4n) is 2.63. The number of para-hydroxylation sites is 1. The lowest BCUT2D eigenvalue weighted by Crippen LogP contribution is -2.12. The monoisotopic (exact) mass is 382 g/mol. The van der Waals surface area contributed by atoms with E-state index in [0.717, 1.165) is 5.39 Å². The molecule has 4 aromatic rings. The second-order valence-electron chi connectivity index (χ2n) is 5.77. The van der Waals surface area contributed by atoms with Crippen LogP contribution in [0.25, 0.3) is 22.4 Å². The first-order chi connectivity index (χ1) is 13.0. The molecule has 2 aromatic heterocycles. The molecule has 0 atom stereocenters. The molecule has 0 unspecified atom stereocenters. The van der Waals surface area contributed by atoms with Gasteiger partial charge in [-0.15, -0.1) is 0 Å². The van der Waals surface area contributed by atoms with Crippen LogP contribution in [0.15, 0.2) is 76.0 Å². The third-order valence-corrected chi connectivity index (χ3v) is 5.32. The summed E-state index contributed by atoms with van der Waals surface area (Å²) in [5.41, 5.74) is 0.920. The van der Waals surface area contributed by atoms with Crippen molar-refractivity contribution in [3.05, 3.63) is 66.7 Å². The van der Waals surface area contributed by atoms with Gasteiger partial charge in [0.1, 0.15) is 5.69 Å². The van der Waals surface area contributed by atoms with E-state index in [1.54, 1.807) is 36.4 Å². The largest absolute Gasteiger partial charge is 0.501 e. The second-order valence-corrected chi connectivity index (χ2v) is 7.45. The molecule has 0 fully saturated rings. The van der Waals surface area contributed by atoms with Crippen LogP contribution >= 0.6 is 0 Å². The molecular formula is C19H14N2O5S. The van der Waals surface area contributed by atoms with Gasteiger partial charge < -0.3 is 14.6 Å². The Hall–Kier alpha value is -3.52. The summed E-state index contributed by atoms with van der Waals surface area (Å²) in [5, 5.41) is 21.2. The van der Waals surface area contributed by atoms with Crippen LogP contribution in [0.4, 0.5) is 5.88 Å². The van der Waals surface area contributed by atoms with E-state index in [2.05, 4.69) is 9.71 Å². The van der Waals surface area contributed by atoms with Gasteiger partial charge in [-0.2, -0.15) is 0 Å². The number of pyridine rings is 1. The molecule has 0 saturated carbocycles. The standard InChI is InChI=1S/C19H14N2O5S/c22-16-17(23)19(21-27(24,25)13-7-2-1-3-8-13)26-18(16)15-11-10-12-6-4-5-9-14(12)20-15/h1-11,21-23H. The summed E-state index contributed by atoms with van der Waals surface area (Å²) in [5.74, 6) is -1.92. The highest BCUT2D eigenvalue weighted by molar-refractivity contribution is 7.92. The second kappa shape index (κ2) is 6.33. The summed E-state index contributed by atoms with van der Waals surface area (Å²) >= 11 is 0. The first-order valence-electron chi connectivity index (χ1n) is 7.94. The van der Waals surface area contributed by atoms with Gasteiger partial charge in [-0.3, -0.25) is 0 Å². The maximum absolute atomic E-state index is 12.4. The number of nitrogens with zero attached hydrogens (tertiary/aromatic N) is 1. The Morgan fingerprint density at radius 2 is 1.56 bits per heavy atom. The van der Waals surface area contributed by atoms with Gasteiger partial charge in [-0.05, 0) is 24.3 Å². The molecule has 8 heteroatoms. The van der Waals surface area contributed by atoms with E-state index in [0.29, 0.717) is 5.52 Å². The molecule has 7 nitrogen and oxygen atoms in total. The SMILES string of the molecule is O=S(=O)(Nc1oc(-c2ccc3ccccc3n2)c(O)c1O)c1ccccc1. The maximum Gasteiger partial charge on any atom is 0.264 e. The number of anilines is 1. The Labute approximate surface area is 154 Å². The highest BCUT2D eigenvalue weighted by Gasteiger charge is 2.25. The van der Waals surface area contributed by atoms with Gasteiger partial charge in [0.25, 0.3) is 15.9 Å².